The summed E-state index contributed by atoms with van der Waals surface area (Å²) >= 11 is 0. The third-order valence-electron chi connectivity index (χ3n) is 6.92. The number of pyridine rings is 1. The van der Waals surface area contributed by atoms with Gasteiger partial charge in [0.15, 0.2) is 5.43 Å². The van der Waals surface area contributed by atoms with Gasteiger partial charge >= 0.3 is 6.18 Å². The van der Waals surface area contributed by atoms with Crippen molar-refractivity contribution >= 4 is 32.7 Å². The maximum atomic E-state index is 13.3. The number of aromatic nitrogens is 1. The van der Waals surface area contributed by atoms with Crippen molar-refractivity contribution in [1.82, 2.24) is 25.2 Å². The summed E-state index contributed by atoms with van der Waals surface area (Å²) < 4.78 is 68.5. The highest BCUT2D eigenvalue weighted by atomic mass is 32.2. The maximum absolute atomic E-state index is 13.3. The molecule has 14 heteroatoms. The average Bonchev–Trinajstić information content (AvgIpc) is 2.92. The van der Waals surface area contributed by atoms with Gasteiger partial charge in [-0.1, -0.05) is 17.7 Å². The van der Waals surface area contributed by atoms with Crippen LogP contribution in [0.25, 0.3) is 10.9 Å². The Hall–Kier alpha value is -3.75. The van der Waals surface area contributed by atoms with Gasteiger partial charge < -0.3 is 20.5 Å². The summed E-state index contributed by atoms with van der Waals surface area (Å²) in [7, 11) is -3.78. The van der Waals surface area contributed by atoms with Crippen LogP contribution >= 0.6 is 0 Å². The van der Waals surface area contributed by atoms with E-state index in [9.17, 15) is 36.0 Å². The van der Waals surface area contributed by atoms with E-state index >= 15 is 0 Å². The van der Waals surface area contributed by atoms with Crippen LogP contribution in [0.4, 0.5) is 13.2 Å². The van der Waals surface area contributed by atoms with E-state index in [1.165, 1.54) is 22.9 Å². The molecule has 0 saturated carbocycles. The number of amides is 2. The Morgan fingerprint density at radius 2 is 1.71 bits per heavy atom. The molecule has 2 aromatic carbocycles. The minimum atomic E-state index is -4.64. The van der Waals surface area contributed by atoms with E-state index in [4.69, 9.17) is 0 Å². The molecule has 10 nitrogen and oxygen atoms in total. The van der Waals surface area contributed by atoms with E-state index in [2.05, 4.69) is 20.7 Å². The summed E-state index contributed by atoms with van der Waals surface area (Å²) in [6.07, 6.45) is -2.93. The average molecular weight is 594 g/mol. The first-order chi connectivity index (χ1) is 19.3. The Labute approximate surface area is 234 Å². The zero-order chi connectivity index (χ0) is 29.8. The van der Waals surface area contributed by atoms with E-state index in [1.807, 2.05) is 6.92 Å². The predicted molar refractivity (Wildman–Crippen MR) is 146 cm³/mol. The Balaban J connectivity index is 1.44. The van der Waals surface area contributed by atoms with Gasteiger partial charge in [0, 0.05) is 30.7 Å². The molecule has 4 rings (SSSR count). The zero-order valence-electron chi connectivity index (χ0n) is 22.2. The van der Waals surface area contributed by atoms with Crippen LogP contribution in [-0.4, -0.2) is 56.5 Å². The Morgan fingerprint density at radius 3 is 2.37 bits per heavy atom. The van der Waals surface area contributed by atoms with Crippen molar-refractivity contribution in [2.75, 3.05) is 26.2 Å². The fourth-order valence-electron chi connectivity index (χ4n) is 4.67. The van der Waals surface area contributed by atoms with E-state index < -0.39 is 51.1 Å². The summed E-state index contributed by atoms with van der Waals surface area (Å²) in [5.41, 5.74) is -1.92. The number of sulfonamides is 1. The molecule has 0 aliphatic carbocycles. The van der Waals surface area contributed by atoms with Crippen LogP contribution in [0.15, 0.2) is 64.4 Å². The van der Waals surface area contributed by atoms with Crippen molar-refractivity contribution in [2.45, 2.75) is 42.9 Å². The molecular weight excluding hydrogens is 563 g/mol. The number of nitrogens with zero attached hydrogens (tertiary/aromatic N) is 1. The predicted octanol–water partition coefficient (Wildman–Crippen LogP) is 1.66. The fraction of sp³-hybridized carbons (Fsp3) is 0.370. The number of piperidine rings is 1. The summed E-state index contributed by atoms with van der Waals surface area (Å²) in [5, 5.41) is 8.55. The molecule has 0 spiro atoms. The molecule has 0 unspecified atom stereocenters. The van der Waals surface area contributed by atoms with Crippen molar-refractivity contribution in [3.05, 3.63) is 76.1 Å². The quantitative estimate of drug-likeness (QED) is 0.279. The number of carbonyl (C=O) groups excluding carboxylic acids is 2. The second-order valence-corrected chi connectivity index (χ2v) is 11.7. The van der Waals surface area contributed by atoms with Crippen molar-refractivity contribution < 1.29 is 31.2 Å². The molecular formula is C27H30F3N5O5S. The first-order valence-electron chi connectivity index (χ1n) is 12.9. The second kappa shape index (κ2) is 12.0. The fourth-order valence-corrected chi connectivity index (χ4v) is 5.71. The summed E-state index contributed by atoms with van der Waals surface area (Å²) in [4.78, 5) is 38.7. The monoisotopic (exact) mass is 593 g/mol. The van der Waals surface area contributed by atoms with Gasteiger partial charge in [0.05, 0.1) is 16.0 Å². The molecule has 1 fully saturated rings. The number of carbonyl (C=O) groups is 2. The smallest absolute Gasteiger partial charge is 0.353 e. The summed E-state index contributed by atoms with van der Waals surface area (Å²) in [5.74, 6) is -1.14. The Bertz CT molecular complexity index is 1600. The molecule has 0 bridgehead atoms. The van der Waals surface area contributed by atoms with Gasteiger partial charge in [0.1, 0.15) is 12.1 Å². The van der Waals surface area contributed by atoms with Crippen molar-refractivity contribution in [1.29, 1.82) is 0 Å². The van der Waals surface area contributed by atoms with Gasteiger partial charge in [0.25, 0.3) is 0 Å². The van der Waals surface area contributed by atoms with Crippen LogP contribution in [-0.2, 0) is 32.3 Å². The highest BCUT2D eigenvalue weighted by molar-refractivity contribution is 7.89. The lowest BCUT2D eigenvalue weighted by atomic mass is 9.87. The number of halogens is 3. The number of nitrogens with one attached hydrogen (secondary N) is 4. The van der Waals surface area contributed by atoms with Gasteiger partial charge in [-0.25, -0.2) is 13.1 Å². The largest absolute Gasteiger partial charge is 0.416 e. The molecule has 2 amide bonds. The highest BCUT2D eigenvalue weighted by Crippen LogP contribution is 2.31. The molecule has 4 N–H and O–H groups in total. The van der Waals surface area contributed by atoms with E-state index in [0.717, 1.165) is 29.8 Å². The SMILES string of the molecule is Cc1ccc(S(=O)(=O)NCCNC(=O)C2(NC(=O)Cn3ccc(=O)c4ccc(C(F)(F)F)cc43)CCNCC2)cc1. The topological polar surface area (TPSA) is 138 Å². The van der Waals surface area contributed by atoms with Crippen LogP contribution < -0.4 is 26.1 Å². The molecule has 0 radical (unpaired) electrons. The molecule has 1 saturated heterocycles. The first kappa shape index (κ1) is 30.2. The molecule has 0 atom stereocenters. The van der Waals surface area contributed by atoms with Gasteiger partial charge in [-0.15, -0.1) is 0 Å². The minimum absolute atomic E-state index is 0.0238. The molecule has 41 heavy (non-hydrogen) atoms. The molecule has 220 valence electrons. The van der Waals surface area contributed by atoms with Gasteiger partial charge in [-0.2, -0.15) is 13.2 Å². The third kappa shape index (κ3) is 7.13. The Kier molecular flexibility index (Phi) is 8.85. The van der Waals surface area contributed by atoms with Crippen molar-refractivity contribution in [3.63, 3.8) is 0 Å². The van der Waals surface area contributed by atoms with Gasteiger partial charge in [-0.05, 0) is 63.2 Å². The number of hydrogen-bond acceptors (Lipinski definition) is 6. The number of alkyl halides is 3. The molecule has 1 aromatic heterocycles. The van der Waals surface area contributed by atoms with Crippen LogP contribution in [0.1, 0.15) is 24.0 Å². The zero-order valence-corrected chi connectivity index (χ0v) is 23.0. The normalized spacial score (nSPS) is 15.4. The van der Waals surface area contributed by atoms with E-state index in [1.54, 1.807) is 12.1 Å². The van der Waals surface area contributed by atoms with Crippen LogP contribution in [0.5, 0.6) is 0 Å². The lowest BCUT2D eigenvalue weighted by Crippen LogP contribution is -2.63. The first-order valence-corrected chi connectivity index (χ1v) is 14.4. The maximum Gasteiger partial charge on any atom is 0.416 e. The molecule has 2 heterocycles. The molecule has 3 aromatic rings. The molecule has 1 aliphatic heterocycles. The number of rotatable bonds is 9. The summed E-state index contributed by atoms with van der Waals surface area (Å²) in [6.45, 7) is 2.11. The van der Waals surface area contributed by atoms with E-state index in [0.29, 0.717) is 13.1 Å². The van der Waals surface area contributed by atoms with E-state index in [-0.39, 0.29) is 41.7 Å². The third-order valence-corrected chi connectivity index (χ3v) is 8.40. The van der Waals surface area contributed by atoms with Crippen LogP contribution in [0, 0.1) is 6.92 Å². The minimum Gasteiger partial charge on any atom is -0.353 e. The van der Waals surface area contributed by atoms with Gasteiger partial charge in [0.2, 0.25) is 21.8 Å². The lowest BCUT2D eigenvalue weighted by Gasteiger charge is -2.37. The van der Waals surface area contributed by atoms with Crippen molar-refractivity contribution in [2.24, 2.45) is 0 Å². The molecule has 1 aliphatic rings. The highest BCUT2D eigenvalue weighted by Gasteiger charge is 2.40. The summed E-state index contributed by atoms with van der Waals surface area (Å²) in [6, 6.07) is 10.2. The lowest BCUT2D eigenvalue weighted by molar-refractivity contribution is -0.137. The number of fused-ring (bicyclic) bond motifs is 1. The number of benzene rings is 2. The number of aryl methyl sites for hydroxylation is 1. The standard InChI is InChI=1S/C27H30F3N5O5S/c1-18-2-5-20(6-3-18)41(39,40)33-14-13-32-25(38)26(9-11-31-12-10-26)34-24(37)17-35-15-8-23(36)21-7-4-19(16-22(21)35)27(28,29)30/h2-8,15-16,31,33H,9-14,17H2,1H3,(H,32,38)(H,34,37). The van der Waals surface area contributed by atoms with Crippen LogP contribution in [0.2, 0.25) is 0 Å². The van der Waals surface area contributed by atoms with Gasteiger partial charge in [-0.3, -0.25) is 14.4 Å². The second-order valence-electron chi connectivity index (χ2n) is 9.88. The number of hydrogen-bond donors (Lipinski definition) is 4. The van der Waals surface area contributed by atoms with Crippen molar-refractivity contribution in [3.8, 4) is 0 Å². The Morgan fingerprint density at radius 1 is 1.02 bits per heavy atom. The van der Waals surface area contributed by atoms with Crippen LogP contribution in [0.3, 0.4) is 0 Å².